The first-order valence-electron chi connectivity index (χ1n) is 6.91. The second-order valence-corrected chi connectivity index (χ2v) is 4.80. The van der Waals surface area contributed by atoms with Crippen LogP contribution in [0.15, 0.2) is 54.6 Å². The van der Waals surface area contributed by atoms with E-state index in [1.54, 1.807) is 24.3 Å². The second kappa shape index (κ2) is 7.26. The zero-order chi connectivity index (χ0) is 15.9. The number of hydrogen-bond acceptors (Lipinski definition) is 3. The minimum atomic E-state index is -0.409. The van der Waals surface area contributed by atoms with E-state index in [0.717, 1.165) is 5.56 Å². The van der Waals surface area contributed by atoms with Gasteiger partial charge in [-0.25, -0.2) is 9.59 Å². The molecule has 114 valence electrons. The van der Waals surface area contributed by atoms with Crippen LogP contribution in [0.25, 0.3) is 0 Å². The average molecular weight is 298 g/mol. The summed E-state index contributed by atoms with van der Waals surface area (Å²) in [6, 6.07) is 15.8. The van der Waals surface area contributed by atoms with Crippen molar-refractivity contribution in [3.05, 3.63) is 65.7 Å². The number of carbonyl (C=O) groups is 2. The van der Waals surface area contributed by atoms with Crippen molar-refractivity contribution in [1.82, 2.24) is 5.32 Å². The fraction of sp³-hybridized carbons (Fsp3) is 0.176. The number of hydrogen-bond donors (Lipinski definition) is 2. The Hall–Kier alpha value is -2.82. The minimum Gasteiger partial charge on any atom is -0.465 e. The summed E-state index contributed by atoms with van der Waals surface area (Å²) in [6.07, 6.45) is 0. The molecule has 0 saturated heterocycles. The molecule has 22 heavy (non-hydrogen) atoms. The van der Waals surface area contributed by atoms with Crippen molar-refractivity contribution >= 4 is 17.7 Å². The SMILES string of the molecule is COC(=O)c1ccc(NC(=O)NC(C)c2ccccc2)cc1. The van der Waals surface area contributed by atoms with E-state index in [9.17, 15) is 9.59 Å². The molecular formula is C17H18N2O3. The summed E-state index contributed by atoms with van der Waals surface area (Å²) in [6.45, 7) is 1.91. The highest BCUT2D eigenvalue weighted by Crippen LogP contribution is 2.13. The largest absolute Gasteiger partial charge is 0.465 e. The second-order valence-electron chi connectivity index (χ2n) is 4.80. The Balaban J connectivity index is 1.93. The molecular weight excluding hydrogens is 280 g/mol. The van der Waals surface area contributed by atoms with Crippen LogP contribution in [0.2, 0.25) is 0 Å². The number of methoxy groups -OCH3 is 1. The summed E-state index contributed by atoms with van der Waals surface area (Å²) in [4.78, 5) is 23.3. The number of amides is 2. The van der Waals surface area contributed by atoms with Gasteiger partial charge in [0.05, 0.1) is 18.7 Å². The van der Waals surface area contributed by atoms with Crippen molar-refractivity contribution in [1.29, 1.82) is 0 Å². The minimum absolute atomic E-state index is 0.101. The van der Waals surface area contributed by atoms with Gasteiger partial charge in [-0.05, 0) is 36.8 Å². The predicted molar refractivity (Wildman–Crippen MR) is 84.8 cm³/mol. The highest BCUT2D eigenvalue weighted by Gasteiger charge is 2.10. The summed E-state index contributed by atoms with van der Waals surface area (Å²) in [7, 11) is 1.33. The van der Waals surface area contributed by atoms with Crippen molar-refractivity contribution in [2.45, 2.75) is 13.0 Å². The Morgan fingerprint density at radius 2 is 1.64 bits per heavy atom. The van der Waals surface area contributed by atoms with Gasteiger partial charge in [0, 0.05) is 5.69 Å². The Kier molecular flexibility index (Phi) is 5.14. The molecule has 5 nitrogen and oxygen atoms in total. The van der Waals surface area contributed by atoms with Crippen LogP contribution >= 0.6 is 0 Å². The number of ether oxygens (including phenoxy) is 1. The van der Waals surface area contributed by atoms with Gasteiger partial charge in [-0.3, -0.25) is 0 Å². The Bertz CT molecular complexity index is 639. The number of urea groups is 1. The van der Waals surface area contributed by atoms with Gasteiger partial charge in [-0.2, -0.15) is 0 Å². The van der Waals surface area contributed by atoms with Crippen LogP contribution in [0.4, 0.5) is 10.5 Å². The smallest absolute Gasteiger partial charge is 0.337 e. The molecule has 2 amide bonds. The molecule has 2 rings (SSSR count). The molecule has 0 aliphatic carbocycles. The Morgan fingerprint density at radius 3 is 2.23 bits per heavy atom. The van der Waals surface area contributed by atoms with Crippen molar-refractivity contribution in [3.8, 4) is 0 Å². The molecule has 0 radical (unpaired) electrons. The summed E-state index contributed by atoms with van der Waals surface area (Å²) in [5.41, 5.74) is 2.07. The van der Waals surface area contributed by atoms with Crippen molar-refractivity contribution in [2.75, 3.05) is 12.4 Å². The van der Waals surface area contributed by atoms with Crippen molar-refractivity contribution in [2.24, 2.45) is 0 Å². The van der Waals surface area contributed by atoms with E-state index in [1.165, 1.54) is 7.11 Å². The summed E-state index contributed by atoms with van der Waals surface area (Å²) < 4.78 is 4.62. The number of rotatable bonds is 4. The van der Waals surface area contributed by atoms with Crippen LogP contribution in [0.1, 0.15) is 28.9 Å². The van der Waals surface area contributed by atoms with Gasteiger partial charge in [0.25, 0.3) is 0 Å². The molecule has 5 heteroatoms. The first-order chi connectivity index (χ1) is 10.6. The molecule has 0 heterocycles. The first kappa shape index (κ1) is 15.6. The van der Waals surface area contributed by atoms with Gasteiger partial charge in [0.1, 0.15) is 0 Å². The Labute approximate surface area is 129 Å². The third-order valence-electron chi connectivity index (χ3n) is 3.21. The molecule has 1 unspecified atom stereocenters. The number of esters is 1. The van der Waals surface area contributed by atoms with Crippen molar-refractivity contribution < 1.29 is 14.3 Å². The van der Waals surface area contributed by atoms with E-state index >= 15 is 0 Å². The monoisotopic (exact) mass is 298 g/mol. The van der Waals surface area contributed by atoms with Gasteiger partial charge >= 0.3 is 12.0 Å². The van der Waals surface area contributed by atoms with E-state index in [2.05, 4.69) is 15.4 Å². The number of nitrogens with one attached hydrogen (secondary N) is 2. The molecule has 0 fully saturated rings. The summed E-state index contributed by atoms with van der Waals surface area (Å²) in [5, 5.41) is 5.58. The lowest BCUT2D eigenvalue weighted by Gasteiger charge is -2.15. The van der Waals surface area contributed by atoms with Gasteiger partial charge in [0.15, 0.2) is 0 Å². The Morgan fingerprint density at radius 1 is 1.00 bits per heavy atom. The quantitative estimate of drug-likeness (QED) is 0.851. The fourth-order valence-electron chi connectivity index (χ4n) is 2.00. The van der Waals surface area contributed by atoms with Crippen LogP contribution < -0.4 is 10.6 Å². The molecule has 0 aliphatic rings. The maximum absolute atomic E-state index is 12.0. The fourth-order valence-corrected chi connectivity index (χ4v) is 2.00. The van der Waals surface area contributed by atoms with Crippen LogP contribution in [0.5, 0.6) is 0 Å². The molecule has 1 atom stereocenters. The van der Waals surface area contributed by atoms with E-state index in [0.29, 0.717) is 11.3 Å². The lowest BCUT2D eigenvalue weighted by atomic mass is 10.1. The van der Waals surface area contributed by atoms with Crippen LogP contribution in [-0.4, -0.2) is 19.1 Å². The molecule has 0 aliphatic heterocycles. The first-order valence-corrected chi connectivity index (χ1v) is 6.91. The maximum atomic E-state index is 12.0. The number of anilines is 1. The molecule has 0 aromatic heterocycles. The van der Waals surface area contributed by atoms with E-state index in [4.69, 9.17) is 0 Å². The van der Waals surface area contributed by atoms with Gasteiger partial charge in [0.2, 0.25) is 0 Å². The van der Waals surface area contributed by atoms with Gasteiger partial charge in [-0.15, -0.1) is 0 Å². The standard InChI is InChI=1S/C17H18N2O3/c1-12(13-6-4-3-5-7-13)18-17(21)19-15-10-8-14(9-11-15)16(20)22-2/h3-12H,1-2H3,(H2,18,19,21). The highest BCUT2D eigenvalue weighted by molar-refractivity contribution is 5.92. The number of carbonyl (C=O) groups excluding carboxylic acids is 2. The zero-order valence-corrected chi connectivity index (χ0v) is 12.5. The van der Waals surface area contributed by atoms with Crippen LogP contribution in [0, 0.1) is 0 Å². The molecule has 0 saturated carbocycles. The lowest BCUT2D eigenvalue weighted by Crippen LogP contribution is -2.31. The van der Waals surface area contributed by atoms with Gasteiger partial charge < -0.3 is 15.4 Å². The summed E-state index contributed by atoms with van der Waals surface area (Å²) >= 11 is 0. The van der Waals surface area contributed by atoms with Crippen LogP contribution in [-0.2, 0) is 4.74 Å². The molecule has 0 bridgehead atoms. The maximum Gasteiger partial charge on any atom is 0.337 e. The topological polar surface area (TPSA) is 67.4 Å². The normalized spacial score (nSPS) is 11.4. The van der Waals surface area contributed by atoms with Gasteiger partial charge in [-0.1, -0.05) is 30.3 Å². The molecule has 2 aromatic rings. The highest BCUT2D eigenvalue weighted by atomic mass is 16.5. The number of benzene rings is 2. The average Bonchev–Trinajstić information content (AvgIpc) is 2.55. The van der Waals surface area contributed by atoms with Crippen LogP contribution in [0.3, 0.4) is 0 Å². The molecule has 0 spiro atoms. The predicted octanol–water partition coefficient (Wildman–Crippen LogP) is 3.36. The molecule has 2 N–H and O–H groups in total. The van der Waals surface area contributed by atoms with E-state index in [1.807, 2.05) is 37.3 Å². The van der Waals surface area contributed by atoms with E-state index in [-0.39, 0.29) is 12.1 Å². The third-order valence-corrected chi connectivity index (χ3v) is 3.21. The lowest BCUT2D eigenvalue weighted by molar-refractivity contribution is 0.0601. The molecule has 2 aromatic carbocycles. The van der Waals surface area contributed by atoms with E-state index < -0.39 is 5.97 Å². The van der Waals surface area contributed by atoms with Crippen molar-refractivity contribution in [3.63, 3.8) is 0 Å². The third kappa shape index (κ3) is 4.09. The summed E-state index contributed by atoms with van der Waals surface area (Å²) in [5.74, 6) is -0.409. The zero-order valence-electron chi connectivity index (χ0n) is 12.5.